The molecule has 1 aromatic carbocycles. The van der Waals surface area contributed by atoms with Crippen LogP contribution >= 0.6 is 11.8 Å². The minimum atomic E-state index is -0.135. The molecule has 1 atom stereocenters. The Morgan fingerprint density at radius 3 is 2.37 bits per heavy atom. The van der Waals surface area contributed by atoms with Crippen molar-refractivity contribution < 1.29 is 5.11 Å². The fraction of sp³-hybridized carbons (Fsp3) is 0.647. The van der Waals surface area contributed by atoms with Crippen molar-refractivity contribution in [2.24, 2.45) is 11.8 Å². The van der Waals surface area contributed by atoms with Crippen molar-refractivity contribution in [1.82, 2.24) is 0 Å². The van der Waals surface area contributed by atoms with Gasteiger partial charge in [-0.1, -0.05) is 43.9 Å². The molecule has 1 unspecified atom stereocenters. The normalized spacial score (nSPS) is 25.2. The van der Waals surface area contributed by atoms with Gasteiger partial charge in [0.2, 0.25) is 0 Å². The topological polar surface area (TPSA) is 20.2 Å². The molecule has 2 heteroatoms. The van der Waals surface area contributed by atoms with Crippen molar-refractivity contribution >= 4 is 11.8 Å². The predicted octanol–water partition coefficient (Wildman–Crippen LogP) is 4.66. The molecule has 1 fully saturated rings. The molecule has 1 aromatic rings. The molecule has 0 radical (unpaired) electrons. The first-order valence-corrected chi connectivity index (χ1v) is 8.55. The van der Waals surface area contributed by atoms with E-state index in [9.17, 15) is 5.11 Å². The molecule has 0 aromatic heterocycles. The van der Waals surface area contributed by atoms with Gasteiger partial charge in [0, 0.05) is 10.6 Å². The molecule has 1 nitrogen and oxygen atoms in total. The van der Waals surface area contributed by atoms with E-state index in [4.69, 9.17) is 0 Å². The first-order chi connectivity index (χ1) is 9.19. The number of hydrogen-bond acceptors (Lipinski definition) is 2. The van der Waals surface area contributed by atoms with Gasteiger partial charge in [0.15, 0.2) is 0 Å². The summed E-state index contributed by atoms with van der Waals surface area (Å²) in [5.74, 6) is 2.28. The van der Waals surface area contributed by atoms with Crippen molar-refractivity contribution in [3.05, 3.63) is 29.8 Å². The summed E-state index contributed by atoms with van der Waals surface area (Å²) in [6.07, 6.45) is 6.23. The number of aryl methyl sites for hydroxylation is 1. The van der Waals surface area contributed by atoms with Crippen molar-refractivity contribution in [3.63, 3.8) is 0 Å². The van der Waals surface area contributed by atoms with E-state index in [1.165, 1.54) is 42.6 Å². The summed E-state index contributed by atoms with van der Waals surface area (Å²) in [6.45, 7) is 4.39. The Hall–Kier alpha value is -0.470. The van der Waals surface area contributed by atoms with Gasteiger partial charge in [-0.15, -0.1) is 11.8 Å². The third-order valence-corrected chi connectivity index (χ3v) is 5.57. The van der Waals surface area contributed by atoms with Gasteiger partial charge in [-0.3, -0.25) is 0 Å². The van der Waals surface area contributed by atoms with E-state index in [-0.39, 0.29) is 6.10 Å². The summed E-state index contributed by atoms with van der Waals surface area (Å²) in [5, 5.41) is 10.3. The van der Waals surface area contributed by atoms with Crippen LogP contribution in [0.4, 0.5) is 0 Å². The lowest BCUT2D eigenvalue weighted by atomic mass is 9.79. The lowest BCUT2D eigenvalue weighted by Gasteiger charge is -2.30. The second-order valence-electron chi connectivity index (χ2n) is 5.88. The van der Waals surface area contributed by atoms with Crippen LogP contribution in [0, 0.1) is 18.8 Å². The molecule has 1 N–H and O–H groups in total. The molecule has 0 aliphatic heterocycles. The van der Waals surface area contributed by atoms with Crippen LogP contribution in [-0.4, -0.2) is 17.0 Å². The predicted molar refractivity (Wildman–Crippen MR) is 83.6 cm³/mol. The van der Waals surface area contributed by atoms with Gasteiger partial charge in [-0.25, -0.2) is 0 Å². The molecule has 1 aliphatic carbocycles. The van der Waals surface area contributed by atoms with Crippen LogP contribution in [0.1, 0.15) is 44.6 Å². The van der Waals surface area contributed by atoms with Gasteiger partial charge in [0.05, 0.1) is 6.10 Å². The van der Waals surface area contributed by atoms with Crippen LogP contribution in [0.3, 0.4) is 0 Å². The highest BCUT2D eigenvalue weighted by Crippen LogP contribution is 2.34. The number of benzene rings is 1. The van der Waals surface area contributed by atoms with E-state index < -0.39 is 0 Å². The Morgan fingerprint density at radius 1 is 1.16 bits per heavy atom. The fourth-order valence-corrected chi connectivity index (χ4v) is 3.90. The molecule has 2 rings (SSSR count). The molecular formula is C17H26OS. The van der Waals surface area contributed by atoms with Gasteiger partial charge < -0.3 is 5.11 Å². The van der Waals surface area contributed by atoms with E-state index in [1.807, 2.05) is 0 Å². The van der Waals surface area contributed by atoms with Crippen LogP contribution in [-0.2, 0) is 0 Å². The zero-order valence-corrected chi connectivity index (χ0v) is 13.0. The summed E-state index contributed by atoms with van der Waals surface area (Å²) in [7, 11) is 0. The van der Waals surface area contributed by atoms with Gasteiger partial charge >= 0.3 is 0 Å². The average molecular weight is 278 g/mol. The Morgan fingerprint density at radius 2 is 1.79 bits per heavy atom. The van der Waals surface area contributed by atoms with E-state index >= 15 is 0 Å². The van der Waals surface area contributed by atoms with Crippen LogP contribution in [0.2, 0.25) is 0 Å². The van der Waals surface area contributed by atoms with Crippen molar-refractivity contribution in [2.45, 2.75) is 57.0 Å². The number of aliphatic hydroxyl groups is 1. The van der Waals surface area contributed by atoms with Crippen molar-refractivity contribution in [2.75, 3.05) is 5.75 Å². The SMILES string of the molecule is CCC1CCC(C(O)CSc2ccc(C)cc2)CC1. The van der Waals surface area contributed by atoms with Gasteiger partial charge in [-0.05, 0) is 43.7 Å². The van der Waals surface area contributed by atoms with Crippen LogP contribution < -0.4 is 0 Å². The molecular weight excluding hydrogens is 252 g/mol. The molecule has 1 saturated carbocycles. The fourth-order valence-electron chi connectivity index (χ4n) is 2.93. The Bertz CT molecular complexity index is 365. The lowest BCUT2D eigenvalue weighted by molar-refractivity contribution is 0.0916. The molecule has 0 saturated heterocycles. The molecule has 0 heterocycles. The van der Waals surface area contributed by atoms with Crippen molar-refractivity contribution in [3.8, 4) is 0 Å². The Kier molecular flexibility index (Phi) is 5.77. The zero-order chi connectivity index (χ0) is 13.7. The highest BCUT2D eigenvalue weighted by Gasteiger charge is 2.25. The summed E-state index contributed by atoms with van der Waals surface area (Å²) < 4.78 is 0. The summed E-state index contributed by atoms with van der Waals surface area (Å²) in [6, 6.07) is 8.59. The third kappa shape index (κ3) is 4.54. The molecule has 106 valence electrons. The van der Waals surface area contributed by atoms with Crippen LogP contribution in [0.25, 0.3) is 0 Å². The summed E-state index contributed by atoms with van der Waals surface area (Å²) >= 11 is 1.79. The van der Waals surface area contributed by atoms with Gasteiger partial charge in [-0.2, -0.15) is 0 Å². The number of aliphatic hydroxyl groups excluding tert-OH is 1. The quantitative estimate of drug-likeness (QED) is 0.790. The summed E-state index contributed by atoms with van der Waals surface area (Å²) in [5.41, 5.74) is 1.29. The zero-order valence-electron chi connectivity index (χ0n) is 12.1. The monoisotopic (exact) mass is 278 g/mol. The molecule has 19 heavy (non-hydrogen) atoms. The molecule has 1 aliphatic rings. The number of hydrogen-bond donors (Lipinski definition) is 1. The maximum atomic E-state index is 10.3. The van der Waals surface area contributed by atoms with Crippen LogP contribution in [0.5, 0.6) is 0 Å². The highest BCUT2D eigenvalue weighted by atomic mass is 32.2. The second-order valence-corrected chi connectivity index (χ2v) is 6.97. The van der Waals surface area contributed by atoms with E-state index in [0.29, 0.717) is 5.92 Å². The summed E-state index contributed by atoms with van der Waals surface area (Å²) in [4.78, 5) is 1.27. The van der Waals surface area contributed by atoms with E-state index in [2.05, 4.69) is 38.1 Å². The number of thioether (sulfide) groups is 1. The second kappa shape index (κ2) is 7.35. The maximum absolute atomic E-state index is 10.3. The first-order valence-electron chi connectivity index (χ1n) is 7.56. The third-order valence-electron chi connectivity index (χ3n) is 4.45. The average Bonchev–Trinajstić information content (AvgIpc) is 2.46. The Labute approximate surface area is 121 Å². The highest BCUT2D eigenvalue weighted by molar-refractivity contribution is 7.99. The first kappa shape index (κ1) is 14.9. The largest absolute Gasteiger partial charge is 0.392 e. The molecule has 0 amide bonds. The smallest absolute Gasteiger partial charge is 0.0662 e. The number of rotatable bonds is 5. The minimum absolute atomic E-state index is 0.135. The molecule has 0 bridgehead atoms. The van der Waals surface area contributed by atoms with E-state index in [0.717, 1.165) is 11.7 Å². The van der Waals surface area contributed by atoms with Gasteiger partial charge in [0.1, 0.15) is 0 Å². The molecule has 0 spiro atoms. The minimum Gasteiger partial charge on any atom is -0.392 e. The van der Waals surface area contributed by atoms with Gasteiger partial charge in [0.25, 0.3) is 0 Å². The Balaban J connectivity index is 1.75. The maximum Gasteiger partial charge on any atom is 0.0662 e. The van der Waals surface area contributed by atoms with Crippen molar-refractivity contribution in [1.29, 1.82) is 0 Å². The lowest BCUT2D eigenvalue weighted by Crippen LogP contribution is -2.27. The van der Waals surface area contributed by atoms with E-state index in [1.54, 1.807) is 11.8 Å². The standard InChI is InChI=1S/C17H26OS/c1-3-14-6-8-15(9-7-14)17(18)12-19-16-10-4-13(2)5-11-16/h4-5,10-11,14-15,17-18H,3,6-9,12H2,1-2H3. The van der Waals surface area contributed by atoms with Crippen LogP contribution in [0.15, 0.2) is 29.2 Å².